The number of halogens is 3. The van der Waals surface area contributed by atoms with Gasteiger partial charge in [0.2, 0.25) is 0 Å². The Kier molecular flexibility index (Phi) is 5.03. The molecule has 1 N–H and O–H groups in total. The van der Waals surface area contributed by atoms with Crippen molar-refractivity contribution in [3.05, 3.63) is 96.7 Å². The zero-order chi connectivity index (χ0) is 24.9. The Hall–Kier alpha value is -4.59. The van der Waals surface area contributed by atoms with E-state index in [4.69, 9.17) is 4.98 Å². The second-order valence-electron chi connectivity index (χ2n) is 8.45. The van der Waals surface area contributed by atoms with Gasteiger partial charge < -0.3 is 4.98 Å². The summed E-state index contributed by atoms with van der Waals surface area (Å²) in [5.41, 5.74) is 5.55. The second kappa shape index (κ2) is 8.27. The van der Waals surface area contributed by atoms with Crippen molar-refractivity contribution in [2.75, 3.05) is 0 Å². The summed E-state index contributed by atoms with van der Waals surface area (Å²) in [5, 5.41) is 2.61. The lowest BCUT2D eigenvalue weighted by Gasteiger charge is -2.16. The molecule has 0 atom stereocenters. The molecule has 0 fully saturated rings. The first-order valence-corrected chi connectivity index (χ1v) is 11.2. The van der Waals surface area contributed by atoms with Crippen molar-refractivity contribution < 1.29 is 13.2 Å². The highest BCUT2D eigenvalue weighted by molar-refractivity contribution is 6.06. The van der Waals surface area contributed by atoms with Crippen LogP contribution in [-0.4, -0.2) is 24.9 Å². The van der Waals surface area contributed by atoms with Crippen LogP contribution in [0.5, 0.6) is 0 Å². The number of hydrogen-bond acceptors (Lipinski definition) is 4. The fourth-order valence-electron chi connectivity index (χ4n) is 4.61. The van der Waals surface area contributed by atoms with Gasteiger partial charge in [0.05, 0.1) is 22.6 Å². The molecular weight excluding hydrogens is 463 g/mol. The van der Waals surface area contributed by atoms with Gasteiger partial charge in [-0.1, -0.05) is 24.3 Å². The van der Waals surface area contributed by atoms with Crippen molar-refractivity contribution in [3.63, 3.8) is 0 Å². The number of fused-ring (bicyclic) bond motifs is 2. The van der Waals surface area contributed by atoms with Crippen LogP contribution in [0.3, 0.4) is 0 Å². The minimum absolute atomic E-state index is 0.606. The molecule has 6 rings (SSSR count). The lowest BCUT2D eigenvalue weighted by molar-refractivity contribution is -0.137. The zero-order valence-corrected chi connectivity index (χ0v) is 19.0. The third kappa shape index (κ3) is 3.58. The number of alkyl halides is 3. The predicted molar refractivity (Wildman–Crippen MR) is 133 cm³/mol. The summed E-state index contributed by atoms with van der Waals surface area (Å²) in [4.78, 5) is 21.3. The number of pyridine rings is 2. The summed E-state index contributed by atoms with van der Waals surface area (Å²) in [5.74, 6) is 0. The van der Waals surface area contributed by atoms with Crippen molar-refractivity contribution in [1.29, 1.82) is 0 Å². The Morgan fingerprint density at radius 2 is 1.50 bits per heavy atom. The molecule has 6 aromatic rings. The van der Waals surface area contributed by atoms with Gasteiger partial charge in [-0.15, -0.1) is 0 Å². The molecule has 4 heterocycles. The van der Waals surface area contributed by atoms with E-state index >= 15 is 0 Å². The van der Waals surface area contributed by atoms with E-state index in [2.05, 4.69) is 19.9 Å². The van der Waals surface area contributed by atoms with Crippen LogP contribution in [-0.2, 0) is 6.18 Å². The van der Waals surface area contributed by atoms with E-state index in [1.165, 1.54) is 18.5 Å². The first-order valence-electron chi connectivity index (χ1n) is 11.2. The number of benzene rings is 2. The average Bonchev–Trinajstić information content (AvgIpc) is 3.37. The summed E-state index contributed by atoms with van der Waals surface area (Å²) in [7, 11) is 0. The largest absolute Gasteiger partial charge is 0.416 e. The standard InChI is InChI=1S/C28H18F3N5/c1-16-4-9-20-19(10-13-33-24(20)17-5-7-18(8-6-17)28(29,30)31)23(16)26-21(3-2-12-32-26)25-22-11-14-34-27(22)36-15-35-25/h2-15H,1H3,(H,34,35,36). The van der Waals surface area contributed by atoms with E-state index in [-0.39, 0.29) is 0 Å². The Morgan fingerprint density at radius 3 is 2.31 bits per heavy atom. The molecule has 0 bridgehead atoms. The number of nitrogens with one attached hydrogen (secondary N) is 1. The van der Waals surface area contributed by atoms with Crippen LogP contribution in [0.4, 0.5) is 13.2 Å². The molecule has 0 radical (unpaired) electrons. The molecule has 8 heteroatoms. The molecule has 0 amide bonds. The molecule has 0 aliphatic carbocycles. The van der Waals surface area contributed by atoms with Gasteiger partial charge in [0.25, 0.3) is 0 Å². The number of aromatic nitrogens is 5. The SMILES string of the molecule is Cc1ccc2c(-c3ccc(C(F)(F)F)cc3)nccc2c1-c1ncccc1-c1ncnc2[nH]ccc12. The van der Waals surface area contributed by atoms with Crippen LogP contribution in [0.15, 0.2) is 85.6 Å². The Balaban J connectivity index is 1.57. The molecule has 0 aliphatic heterocycles. The normalized spacial score (nSPS) is 11.9. The van der Waals surface area contributed by atoms with Crippen molar-refractivity contribution in [2.45, 2.75) is 13.1 Å². The fraction of sp³-hybridized carbons (Fsp3) is 0.0714. The smallest absolute Gasteiger partial charge is 0.346 e. The number of aromatic amines is 1. The van der Waals surface area contributed by atoms with Crippen molar-refractivity contribution in [2.24, 2.45) is 0 Å². The number of H-pyrrole nitrogens is 1. The van der Waals surface area contributed by atoms with E-state index in [0.29, 0.717) is 11.3 Å². The minimum Gasteiger partial charge on any atom is -0.346 e. The maximum absolute atomic E-state index is 13.1. The van der Waals surface area contributed by atoms with Gasteiger partial charge in [-0.2, -0.15) is 13.2 Å². The molecule has 0 unspecified atom stereocenters. The second-order valence-corrected chi connectivity index (χ2v) is 8.45. The fourth-order valence-corrected chi connectivity index (χ4v) is 4.61. The number of nitrogens with zero attached hydrogens (tertiary/aromatic N) is 4. The first-order chi connectivity index (χ1) is 17.4. The average molecular weight is 481 g/mol. The molecule has 36 heavy (non-hydrogen) atoms. The third-order valence-electron chi connectivity index (χ3n) is 6.29. The monoisotopic (exact) mass is 481 g/mol. The summed E-state index contributed by atoms with van der Waals surface area (Å²) in [6.07, 6.45) is 2.37. The van der Waals surface area contributed by atoms with E-state index in [1.54, 1.807) is 12.4 Å². The van der Waals surface area contributed by atoms with E-state index < -0.39 is 11.7 Å². The van der Waals surface area contributed by atoms with Crippen LogP contribution in [0.1, 0.15) is 11.1 Å². The van der Waals surface area contributed by atoms with E-state index in [1.807, 2.05) is 49.5 Å². The minimum atomic E-state index is -4.39. The molecule has 0 saturated carbocycles. The summed E-state index contributed by atoms with van der Waals surface area (Å²) in [6, 6.07) is 16.7. The lowest BCUT2D eigenvalue weighted by Crippen LogP contribution is -2.04. The van der Waals surface area contributed by atoms with Crippen molar-refractivity contribution in [1.82, 2.24) is 24.9 Å². The number of aryl methyl sites for hydroxylation is 1. The molecule has 0 saturated heterocycles. The van der Waals surface area contributed by atoms with Gasteiger partial charge in [0.1, 0.15) is 12.0 Å². The van der Waals surface area contributed by atoms with Crippen LogP contribution < -0.4 is 0 Å². The van der Waals surface area contributed by atoms with Gasteiger partial charge in [0.15, 0.2) is 0 Å². The van der Waals surface area contributed by atoms with E-state index in [0.717, 1.165) is 62.0 Å². The summed E-state index contributed by atoms with van der Waals surface area (Å²) < 4.78 is 39.2. The van der Waals surface area contributed by atoms with E-state index in [9.17, 15) is 13.2 Å². The van der Waals surface area contributed by atoms with Crippen LogP contribution in [0.25, 0.3) is 55.6 Å². The highest BCUT2D eigenvalue weighted by Gasteiger charge is 2.30. The van der Waals surface area contributed by atoms with Gasteiger partial charge >= 0.3 is 6.18 Å². The number of hydrogen-bond donors (Lipinski definition) is 1. The van der Waals surface area contributed by atoms with Gasteiger partial charge in [-0.05, 0) is 54.3 Å². The Morgan fingerprint density at radius 1 is 0.694 bits per heavy atom. The molecule has 0 spiro atoms. The Bertz CT molecular complexity index is 1740. The first kappa shape index (κ1) is 21.9. The molecule has 4 aromatic heterocycles. The lowest BCUT2D eigenvalue weighted by atomic mass is 9.92. The van der Waals surface area contributed by atoms with Gasteiger partial charge in [-0.3, -0.25) is 9.97 Å². The van der Waals surface area contributed by atoms with Crippen LogP contribution >= 0.6 is 0 Å². The predicted octanol–water partition coefficient (Wildman–Crippen LogP) is 7.23. The van der Waals surface area contributed by atoms with Crippen molar-refractivity contribution >= 4 is 21.8 Å². The van der Waals surface area contributed by atoms with Gasteiger partial charge in [-0.25, -0.2) is 9.97 Å². The molecular formula is C28H18F3N5. The van der Waals surface area contributed by atoms with Crippen LogP contribution in [0, 0.1) is 6.92 Å². The number of rotatable bonds is 3. The highest BCUT2D eigenvalue weighted by Crippen LogP contribution is 2.40. The quantitative estimate of drug-likeness (QED) is 0.290. The Labute approximate surface area is 203 Å². The molecule has 5 nitrogen and oxygen atoms in total. The summed E-state index contributed by atoms with van der Waals surface area (Å²) in [6.45, 7) is 2.01. The van der Waals surface area contributed by atoms with Crippen molar-refractivity contribution in [3.8, 4) is 33.8 Å². The van der Waals surface area contributed by atoms with Gasteiger partial charge in [0, 0.05) is 46.1 Å². The molecule has 176 valence electrons. The van der Waals surface area contributed by atoms with Crippen LogP contribution in [0.2, 0.25) is 0 Å². The summed E-state index contributed by atoms with van der Waals surface area (Å²) >= 11 is 0. The zero-order valence-electron chi connectivity index (χ0n) is 19.0. The highest BCUT2D eigenvalue weighted by atomic mass is 19.4. The maximum atomic E-state index is 13.1. The maximum Gasteiger partial charge on any atom is 0.416 e. The third-order valence-corrected chi connectivity index (χ3v) is 6.29. The topological polar surface area (TPSA) is 67.3 Å². The molecule has 2 aromatic carbocycles. The molecule has 0 aliphatic rings.